The topological polar surface area (TPSA) is 61.4 Å². The van der Waals surface area contributed by atoms with Gasteiger partial charge in [0.05, 0.1) is 12.6 Å². The number of nitrogens with zero attached hydrogens (tertiary/aromatic N) is 1. The molecule has 3 aromatic carbocycles. The summed E-state index contributed by atoms with van der Waals surface area (Å²) < 4.78 is 0. The lowest BCUT2D eigenvalue weighted by Gasteiger charge is -2.24. The lowest BCUT2D eigenvalue weighted by atomic mass is 10.1. The van der Waals surface area contributed by atoms with Crippen molar-refractivity contribution in [1.29, 1.82) is 0 Å². The van der Waals surface area contributed by atoms with Gasteiger partial charge in [-0.1, -0.05) is 48.0 Å². The summed E-state index contributed by atoms with van der Waals surface area (Å²) in [6.45, 7) is 7.93. The van der Waals surface area contributed by atoms with Gasteiger partial charge in [0.25, 0.3) is 0 Å². The van der Waals surface area contributed by atoms with Crippen LogP contribution in [-0.4, -0.2) is 36.3 Å². The molecule has 1 atom stereocenters. The van der Waals surface area contributed by atoms with Crippen LogP contribution in [0.4, 0.5) is 11.4 Å². The zero-order chi connectivity index (χ0) is 21.8. The Kier molecular flexibility index (Phi) is 6.53. The number of amides is 2. The maximum atomic E-state index is 12.7. The Morgan fingerprint density at radius 2 is 1.53 bits per heavy atom. The first-order valence-corrected chi connectivity index (χ1v) is 10.1. The maximum Gasteiger partial charge on any atom is 0.241 e. The van der Waals surface area contributed by atoms with E-state index in [4.69, 9.17) is 0 Å². The van der Waals surface area contributed by atoms with E-state index in [1.807, 2.05) is 75.4 Å². The Balaban J connectivity index is 1.60. The van der Waals surface area contributed by atoms with Crippen molar-refractivity contribution in [2.45, 2.75) is 33.7 Å². The van der Waals surface area contributed by atoms with Crippen molar-refractivity contribution in [1.82, 2.24) is 4.90 Å². The van der Waals surface area contributed by atoms with E-state index in [2.05, 4.69) is 10.6 Å². The second-order valence-corrected chi connectivity index (χ2v) is 7.96. The van der Waals surface area contributed by atoms with Crippen LogP contribution in [0.25, 0.3) is 10.8 Å². The number of aryl methyl sites for hydroxylation is 3. The Morgan fingerprint density at radius 3 is 2.20 bits per heavy atom. The molecule has 2 N–H and O–H groups in total. The van der Waals surface area contributed by atoms with E-state index in [0.717, 1.165) is 33.3 Å². The summed E-state index contributed by atoms with van der Waals surface area (Å²) in [7, 11) is 1.78. The number of hydrogen-bond acceptors (Lipinski definition) is 3. The van der Waals surface area contributed by atoms with E-state index in [0.29, 0.717) is 0 Å². The van der Waals surface area contributed by atoms with Gasteiger partial charge in [-0.3, -0.25) is 14.5 Å². The van der Waals surface area contributed by atoms with Gasteiger partial charge in [0.1, 0.15) is 0 Å². The Morgan fingerprint density at radius 1 is 0.900 bits per heavy atom. The molecule has 2 amide bonds. The number of benzene rings is 3. The molecule has 3 aromatic rings. The minimum atomic E-state index is -0.456. The molecule has 30 heavy (non-hydrogen) atoms. The molecule has 0 fully saturated rings. The summed E-state index contributed by atoms with van der Waals surface area (Å²) in [5, 5.41) is 8.13. The molecule has 3 rings (SSSR count). The zero-order valence-electron chi connectivity index (χ0n) is 18.2. The van der Waals surface area contributed by atoms with E-state index in [-0.39, 0.29) is 18.4 Å². The molecule has 0 aliphatic heterocycles. The monoisotopic (exact) mass is 403 g/mol. The summed E-state index contributed by atoms with van der Waals surface area (Å²) in [5.41, 5.74) is 4.82. The Labute approximate surface area is 178 Å². The van der Waals surface area contributed by atoms with Crippen LogP contribution in [0.1, 0.15) is 23.6 Å². The van der Waals surface area contributed by atoms with Crippen LogP contribution >= 0.6 is 0 Å². The number of anilines is 2. The largest absolute Gasteiger partial charge is 0.325 e. The Hall–Kier alpha value is -3.18. The third kappa shape index (κ3) is 5.05. The van der Waals surface area contributed by atoms with Gasteiger partial charge in [-0.25, -0.2) is 0 Å². The fourth-order valence-corrected chi connectivity index (χ4v) is 3.63. The molecular formula is C25H29N3O2. The quantitative estimate of drug-likeness (QED) is 0.629. The first kappa shape index (κ1) is 21.5. The number of hydrogen-bond donors (Lipinski definition) is 2. The van der Waals surface area contributed by atoms with E-state index in [1.54, 1.807) is 18.9 Å². The van der Waals surface area contributed by atoms with Crippen LogP contribution in [0, 0.1) is 20.8 Å². The first-order valence-electron chi connectivity index (χ1n) is 10.1. The van der Waals surface area contributed by atoms with Crippen LogP contribution in [0.5, 0.6) is 0 Å². The molecule has 0 aliphatic carbocycles. The highest BCUT2D eigenvalue weighted by Crippen LogP contribution is 2.22. The van der Waals surface area contributed by atoms with Gasteiger partial charge in [0.2, 0.25) is 11.8 Å². The molecule has 0 saturated carbocycles. The summed E-state index contributed by atoms with van der Waals surface area (Å²) in [5.74, 6) is -0.291. The third-order valence-electron chi connectivity index (χ3n) is 5.39. The highest BCUT2D eigenvalue weighted by atomic mass is 16.2. The average molecular weight is 404 g/mol. The summed E-state index contributed by atoms with van der Waals surface area (Å²) in [4.78, 5) is 27.0. The first-order chi connectivity index (χ1) is 14.2. The highest BCUT2D eigenvalue weighted by Gasteiger charge is 2.21. The Bertz CT molecular complexity index is 1070. The predicted molar refractivity (Wildman–Crippen MR) is 124 cm³/mol. The third-order valence-corrected chi connectivity index (χ3v) is 5.39. The van der Waals surface area contributed by atoms with Crippen molar-refractivity contribution in [2.24, 2.45) is 0 Å². The maximum absolute atomic E-state index is 12.7. The summed E-state index contributed by atoms with van der Waals surface area (Å²) in [6.07, 6.45) is 0. The van der Waals surface area contributed by atoms with Gasteiger partial charge in [-0.05, 0) is 68.8 Å². The van der Waals surface area contributed by atoms with Gasteiger partial charge in [-0.2, -0.15) is 0 Å². The fraction of sp³-hybridized carbons (Fsp3) is 0.280. The molecule has 0 aliphatic rings. The number of rotatable bonds is 6. The number of carbonyl (C=O) groups excluding carboxylic acids is 2. The number of nitrogens with one attached hydrogen (secondary N) is 2. The van der Waals surface area contributed by atoms with Crippen molar-refractivity contribution >= 4 is 34.0 Å². The van der Waals surface area contributed by atoms with Crippen molar-refractivity contribution in [3.63, 3.8) is 0 Å². The number of fused-ring (bicyclic) bond motifs is 1. The molecule has 0 radical (unpaired) electrons. The second kappa shape index (κ2) is 9.09. The molecule has 0 saturated heterocycles. The lowest BCUT2D eigenvalue weighted by molar-refractivity contribution is -0.122. The summed E-state index contributed by atoms with van der Waals surface area (Å²) in [6, 6.07) is 17.5. The molecule has 156 valence electrons. The number of likely N-dealkylation sites (N-methyl/N-ethyl adjacent to an activating group) is 1. The molecule has 5 heteroatoms. The van der Waals surface area contributed by atoms with E-state index in [9.17, 15) is 9.59 Å². The minimum absolute atomic E-state index is 0.124. The molecule has 5 nitrogen and oxygen atoms in total. The predicted octanol–water partition coefficient (Wildman–Crippen LogP) is 4.66. The zero-order valence-corrected chi connectivity index (χ0v) is 18.2. The van der Waals surface area contributed by atoms with Crippen LogP contribution in [0.2, 0.25) is 0 Å². The van der Waals surface area contributed by atoms with Gasteiger partial charge in [0, 0.05) is 11.4 Å². The second-order valence-electron chi connectivity index (χ2n) is 7.96. The standard InChI is InChI=1S/C25H29N3O2/c1-16-12-17(2)24(18(3)13-16)27-23(29)15-28(5)19(4)25(30)26-22-11-10-20-8-6-7-9-21(20)14-22/h6-14,19H,15H2,1-5H3,(H,26,30)(H,27,29)/t19-/m0/s1. The molecule has 0 unspecified atom stereocenters. The number of carbonyl (C=O) groups is 2. The average Bonchev–Trinajstić information content (AvgIpc) is 2.69. The van der Waals surface area contributed by atoms with Gasteiger partial charge in [0.15, 0.2) is 0 Å². The van der Waals surface area contributed by atoms with Crippen molar-refractivity contribution < 1.29 is 9.59 Å². The van der Waals surface area contributed by atoms with Gasteiger partial charge >= 0.3 is 0 Å². The fourth-order valence-electron chi connectivity index (χ4n) is 3.63. The molecule has 0 bridgehead atoms. The van der Waals surface area contributed by atoms with Gasteiger partial charge < -0.3 is 10.6 Å². The molecule has 0 aromatic heterocycles. The van der Waals surface area contributed by atoms with Crippen molar-refractivity contribution in [3.8, 4) is 0 Å². The summed E-state index contributed by atoms with van der Waals surface area (Å²) >= 11 is 0. The van der Waals surface area contributed by atoms with Gasteiger partial charge in [-0.15, -0.1) is 0 Å². The lowest BCUT2D eigenvalue weighted by Crippen LogP contribution is -2.43. The SMILES string of the molecule is Cc1cc(C)c(NC(=O)CN(C)[C@@H](C)C(=O)Nc2ccc3ccccc3c2)c(C)c1. The van der Waals surface area contributed by atoms with E-state index < -0.39 is 6.04 Å². The highest BCUT2D eigenvalue weighted by molar-refractivity contribution is 5.98. The van der Waals surface area contributed by atoms with Crippen LogP contribution in [-0.2, 0) is 9.59 Å². The smallest absolute Gasteiger partial charge is 0.241 e. The van der Waals surface area contributed by atoms with Crippen molar-refractivity contribution in [2.75, 3.05) is 24.2 Å². The van der Waals surface area contributed by atoms with Crippen LogP contribution in [0.3, 0.4) is 0 Å². The molecule has 0 heterocycles. The van der Waals surface area contributed by atoms with Crippen LogP contribution < -0.4 is 10.6 Å². The normalized spacial score (nSPS) is 12.1. The van der Waals surface area contributed by atoms with E-state index in [1.165, 1.54) is 5.56 Å². The molecular weight excluding hydrogens is 374 g/mol. The van der Waals surface area contributed by atoms with Crippen LogP contribution in [0.15, 0.2) is 54.6 Å². The van der Waals surface area contributed by atoms with Crippen molar-refractivity contribution in [3.05, 3.63) is 71.3 Å². The molecule has 0 spiro atoms. The minimum Gasteiger partial charge on any atom is -0.325 e. The van der Waals surface area contributed by atoms with E-state index >= 15 is 0 Å².